The number of carboxylic acids is 2. The van der Waals surface area contributed by atoms with Crippen molar-refractivity contribution in [2.75, 3.05) is 0 Å². The zero-order chi connectivity index (χ0) is 13.7. The lowest BCUT2D eigenvalue weighted by Gasteiger charge is -2.02. The van der Waals surface area contributed by atoms with E-state index in [1.54, 1.807) is 19.1 Å². The van der Waals surface area contributed by atoms with Gasteiger partial charge in [0.1, 0.15) is 0 Å². The normalized spacial score (nSPS) is 9.44. The summed E-state index contributed by atoms with van der Waals surface area (Å²) in [6, 6.07) is 8.83. The first-order valence-electron chi connectivity index (χ1n) is 5.21. The molecule has 0 aliphatic carbocycles. The molecule has 0 atom stereocenters. The van der Waals surface area contributed by atoms with Gasteiger partial charge in [0.05, 0.1) is 11.1 Å². The SMILES string of the molecule is CC(=O)O.Cc1cc(C(=O)O)c2ccccc2n1. The van der Waals surface area contributed by atoms with Crippen LogP contribution in [0, 0.1) is 6.92 Å². The van der Waals surface area contributed by atoms with E-state index in [4.69, 9.17) is 15.0 Å². The number of carbonyl (C=O) groups is 2. The minimum Gasteiger partial charge on any atom is -0.481 e. The van der Waals surface area contributed by atoms with Crippen LogP contribution in [-0.4, -0.2) is 27.1 Å². The summed E-state index contributed by atoms with van der Waals surface area (Å²) in [5.41, 5.74) is 1.76. The summed E-state index contributed by atoms with van der Waals surface area (Å²) in [7, 11) is 0. The second-order valence-electron chi connectivity index (χ2n) is 3.65. The van der Waals surface area contributed by atoms with Crippen LogP contribution in [0.5, 0.6) is 0 Å². The van der Waals surface area contributed by atoms with E-state index in [0.29, 0.717) is 10.9 Å². The van der Waals surface area contributed by atoms with Crippen LogP contribution in [0.15, 0.2) is 30.3 Å². The van der Waals surface area contributed by atoms with Crippen molar-refractivity contribution >= 4 is 22.8 Å². The highest BCUT2D eigenvalue weighted by molar-refractivity contribution is 6.02. The number of hydrogen-bond acceptors (Lipinski definition) is 3. The Labute approximate surface area is 104 Å². The smallest absolute Gasteiger partial charge is 0.336 e. The molecule has 1 heterocycles. The average Bonchev–Trinajstić information content (AvgIpc) is 2.26. The van der Waals surface area contributed by atoms with Crippen molar-refractivity contribution < 1.29 is 19.8 Å². The first-order valence-corrected chi connectivity index (χ1v) is 5.21. The third-order valence-electron chi connectivity index (χ3n) is 2.07. The van der Waals surface area contributed by atoms with Crippen molar-refractivity contribution in [3.8, 4) is 0 Å². The summed E-state index contributed by atoms with van der Waals surface area (Å²) < 4.78 is 0. The lowest BCUT2D eigenvalue weighted by atomic mass is 10.1. The van der Waals surface area contributed by atoms with Gasteiger partial charge in [-0.15, -0.1) is 0 Å². The lowest BCUT2D eigenvalue weighted by Crippen LogP contribution is -1.99. The molecule has 5 heteroatoms. The third-order valence-corrected chi connectivity index (χ3v) is 2.07. The highest BCUT2D eigenvalue weighted by Gasteiger charge is 2.09. The van der Waals surface area contributed by atoms with E-state index in [2.05, 4.69) is 4.98 Å². The molecule has 2 N–H and O–H groups in total. The van der Waals surface area contributed by atoms with Crippen molar-refractivity contribution in [2.24, 2.45) is 0 Å². The number of pyridine rings is 1. The Hall–Kier alpha value is -2.43. The van der Waals surface area contributed by atoms with Crippen LogP contribution in [0.25, 0.3) is 10.9 Å². The van der Waals surface area contributed by atoms with E-state index in [9.17, 15) is 4.79 Å². The minimum atomic E-state index is -0.910. The molecule has 2 rings (SSSR count). The van der Waals surface area contributed by atoms with Crippen molar-refractivity contribution in [3.05, 3.63) is 41.6 Å². The molecule has 0 unspecified atom stereocenters. The number of para-hydroxylation sites is 1. The van der Waals surface area contributed by atoms with E-state index in [0.717, 1.165) is 18.1 Å². The highest BCUT2D eigenvalue weighted by atomic mass is 16.4. The van der Waals surface area contributed by atoms with E-state index in [1.165, 1.54) is 0 Å². The van der Waals surface area contributed by atoms with Gasteiger partial charge in [-0.25, -0.2) is 4.79 Å². The average molecular weight is 247 g/mol. The number of rotatable bonds is 1. The molecule has 0 spiro atoms. The lowest BCUT2D eigenvalue weighted by molar-refractivity contribution is -0.134. The fourth-order valence-electron chi connectivity index (χ4n) is 1.48. The zero-order valence-electron chi connectivity index (χ0n) is 10.0. The summed E-state index contributed by atoms with van der Waals surface area (Å²) in [5, 5.41) is 17.1. The van der Waals surface area contributed by atoms with Gasteiger partial charge in [-0.05, 0) is 19.1 Å². The topological polar surface area (TPSA) is 87.5 Å². The van der Waals surface area contributed by atoms with Crippen molar-refractivity contribution in [3.63, 3.8) is 0 Å². The number of aromatic nitrogens is 1. The molecule has 18 heavy (non-hydrogen) atoms. The molecule has 0 saturated carbocycles. The first kappa shape index (κ1) is 13.6. The number of aromatic carboxylic acids is 1. The highest BCUT2D eigenvalue weighted by Crippen LogP contribution is 2.17. The Morgan fingerprint density at radius 3 is 2.28 bits per heavy atom. The van der Waals surface area contributed by atoms with Crippen molar-refractivity contribution in [2.45, 2.75) is 13.8 Å². The van der Waals surface area contributed by atoms with E-state index >= 15 is 0 Å². The molecule has 0 aliphatic rings. The van der Waals surface area contributed by atoms with Crippen LogP contribution in [0.1, 0.15) is 23.0 Å². The summed E-state index contributed by atoms with van der Waals surface area (Å²) >= 11 is 0. The Balaban J connectivity index is 0.000000357. The predicted octanol–water partition coefficient (Wildman–Crippen LogP) is 2.33. The number of benzene rings is 1. The van der Waals surface area contributed by atoms with Crippen LogP contribution in [-0.2, 0) is 4.79 Å². The van der Waals surface area contributed by atoms with Gasteiger partial charge in [0, 0.05) is 18.0 Å². The number of nitrogens with zero attached hydrogens (tertiary/aromatic N) is 1. The first-order chi connectivity index (χ1) is 8.41. The molecule has 2 aromatic rings. The maximum absolute atomic E-state index is 10.9. The van der Waals surface area contributed by atoms with Crippen LogP contribution in [0.3, 0.4) is 0 Å². The number of fused-ring (bicyclic) bond motifs is 1. The monoisotopic (exact) mass is 247 g/mol. The zero-order valence-corrected chi connectivity index (χ0v) is 10.0. The Morgan fingerprint density at radius 2 is 1.72 bits per heavy atom. The van der Waals surface area contributed by atoms with Crippen molar-refractivity contribution in [1.29, 1.82) is 0 Å². The molecule has 0 fully saturated rings. The maximum Gasteiger partial charge on any atom is 0.336 e. The molecule has 5 nitrogen and oxygen atoms in total. The predicted molar refractivity (Wildman–Crippen MR) is 66.7 cm³/mol. The fourth-order valence-corrected chi connectivity index (χ4v) is 1.48. The molecule has 0 bridgehead atoms. The van der Waals surface area contributed by atoms with Crippen molar-refractivity contribution in [1.82, 2.24) is 4.98 Å². The largest absolute Gasteiger partial charge is 0.481 e. The molecule has 0 amide bonds. The molecule has 1 aromatic carbocycles. The molecule has 1 aromatic heterocycles. The van der Waals surface area contributed by atoms with Crippen LogP contribution < -0.4 is 0 Å². The van der Waals surface area contributed by atoms with Crippen LogP contribution >= 0.6 is 0 Å². The quantitative estimate of drug-likeness (QED) is 0.807. The number of aryl methyl sites for hydroxylation is 1. The molecular weight excluding hydrogens is 234 g/mol. The Kier molecular flexibility index (Phi) is 4.37. The molecular formula is C13H13NO4. The second-order valence-corrected chi connectivity index (χ2v) is 3.65. The summed E-state index contributed by atoms with van der Waals surface area (Å²) in [5.74, 6) is -1.74. The van der Waals surface area contributed by atoms with Crippen LogP contribution in [0.2, 0.25) is 0 Å². The maximum atomic E-state index is 10.9. The Bertz CT molecular complexity index is 589. The van der Waals surface area contributed by atoms with Gasteiger partial charge in [0.25, 0.3) is 5.97 Å². The van der Waals surface area contributed by atoms with Gasteiger partial charge < -0.3 is 10.2 Å². The van der Waals surface area contributed by atoms with Gasteiger partial charge in [-0.1, -0.05) is 18.2 Å². The van der Waals surface area contributed by atoms with E-state index < -0.39 is 11.9 Å². The summed E-state index contributed by atoms with van der Waals surface area (Å²) in [6.07, 6.45) is 0. The standard InChI is InChI=1S/C11H9NO2.C2H4O2/c1-7-6-9(11(13)14)8-4-2-3-5-10(8)12-7;1-2(3)4/h2-6H,1H3,(H,13,14);1H3,(H,3,4). The van der Waals surface area contributed by atoms with Gasteiger partial charge in [0.15, 0.2) is 0 Å². The number of aliphatic carboxylic acids is 1. The number of carboxylic acid groups (broad SMARTS) is 2. The van der Waals surface area contributed by atoms with Gasteiger partial charge >= 0.3 is 5.97 Å². The third kappa shape index (κ3) is 3.55. The van der Waals surface area contributed by atoms with E-state index in [1.807, 2.05) is 18.2 Å². The molecule has 0 aliphatic heterocycles. The second kappa shape index (κ2) is 5.77. The number of hydrogen-bond donors (Lipinski definition) is 2. The fraction of sp³-hybridized carbons (Fsp3) is 0.154. The molecule has 0 radical (unpaired) electrons. The van der Waals surface area contributed by atoms with Gasteiger partial charge in [0.2, 0.25) is 0 Å². The molecule has 0 saturated heterocycles. The van der Waals surface area contributed by atoms with E-state index in [-0.39, 0.29) is 0 Å². The summed E-state index contributed by atoms with van der Waals surface area (Å²) in [4.78, 5) is 24.2. The molecule has 94 valence electrons. The van der Waals surface area contributed by atoms with Gasteiger partial charge in [-0.3, -0.25) is 9.78 Å². The minimum absolute atomic E-state index is 0.313. The van der Waals surface area contributed by atoms with Gasteiger partial charge in [-0.2, -0.15) is 0 Å². The van der Waals surface area contributed by atoms with Crippen LogP contribution in [0.4, 0.5) is 0 Å². The Morgan fingerprint density at radius 1 is 1.17 bits per heavy atom. The summed E-state index contributed by atoms with van der Waals surface area (Å²) in [6.45, 7) is 2.87.